The number of aliphatic hydroxyl groups excluding tert-OH is 3. The number of hydrogen-bond donors (Lipinski definition) is 5. The predicted octanol–water partition coefficient (Wildman–Crippen LogP) is 1.41. The lowest BCUT2D eigenvalue weighted by atomic mass is 10.0. The number of hydrazone groups is 1. The number of amides is 1. The van der Waals surface area contributed by atoms with Crippen LogP contribution in [0.2, 0.25) is 0 Å². The van der Waals surface area contributed by atoms with E-state index in [-0.39, 0.29) is 5.84 Å². The Morgan fingerprint density at radius 3 is 2.21 bits per heavy atom. The first-order valence-electron chi connectivity index (χ1n) is 8.60. The molecule has 0 unspecified atom stereocenters. The minimum absolute atomic E-state index is 0.0806. The molecule has 0 aliphatic carbocycles. The van der Waals surface area contributed by atoms with Gasteiger partial charge in [0.25, 0.3) is 0 Å². The zero-order chi connectivity index (χ0) is 20.4. The first-order valence-corrected chi connectivity index (χ1v) is 8.60. The summed E-state index contributed by atoms with van der Waals surface area (Å²) >= 11 is 0. The van der Waals surface area contributed by atoms with Gasteiger partial charge in [0.2, 0.25) is 5.91 Å². The van der Waals surface area contributed by atoms with E-state index < -0.39 is 30.8 Å². The molecule has 0 spiro atoms. The average molecular weight is 385 g/mol. The van der Waals surface area contributed by atoms with E-state index in [0.29, 0.717) is 11.4 Å². The van der Waals surface area contributed by atoms with Crippen LogP contribution in [0.4, 0.5) is 11.4 Å². The fourth-order valence-electron chi connectivity index (χ4n) is 2.24. The van der Waals surface area contributed by atoms with E-state index in [4.69, 9.17) is 5.11 Å². The smallest absolute Gasteiger partial charge is 0.217 e. The van der Waals surface area contributed by atoms with Gasteiger partial charge in [-0.05, 0) is 24.3 Å². The Morgan fingerprint density at radius 1 is 1.04 bits per heavy atom. The highest BCUT2D eigenvalue weighted by molar-refractivity contribution is 5.92. The lowest BCUT2D eigenvalue weighted by Gasteiger charge is -2.25. The van der Waals surface area contributed by atoms with E-state index in [2.05, 4.69) is 26.1 Å². The topological polar surface area (TPSA) is 139 Å². The fourth-order valence-corrected chi connectivity index (χ4v) is 2.24. The molecule has 9 heteroatoms. The van der Waals surface area contributed by atoms with Crippen molar-refractivity contribution in [1.29, 1.82) is 0 Å². The normalized spacial score (nSPS) is 15.1. The third-order valence-corrected chi connectivity index (χ3v) is 3.66. The molecule has 2 rings (SSSR count). The van der Waals surface area contributed by atoms with Gasteiger partial charge < -0.3 is 20.6 Å². The van der Waals surface area contributed by atoms with Crippen LogP contribution in [0.5, 0.6) is 0 Å². The Balaban J connectivity index is 2.37. The van der Waals surface area contributed by atoms with Crippen LogP contribution in [-0.2, 0) is 4.79 Å². The Morgan fingerprint density at radius 2 is 1.64 bits per heavy atom. The summed E-state index contributed by atoms with van der Waals surface area (Å²) in [6, 6.07) is 16.6. The molecular formula is C19H23N5O4. The van der Waals surface area contributed by atoms with Crippen molar-refractivity contribution < 1.29 is 20.1 Å². The summed E-state index contributed by atoms with van der Waals surface area (Å²) in [6.07, 6.45) is -3.06. The summed E-state index contributed by atoms with van der Waals surface area (Å²) in [6.45, 7) is 0.550. The van der Waals surface area contributed by atoms with Crippen molar-refractivity contribution in [3.63, 3.8) is 0 Å². The summed E-state index contributed by atoms with van der Waals surface area (Å²) in [5.41, 5.74) is 3.96. The molecule has 0 fully saturated rings. The highest BCUT2D eigenvalue weighted by Gasteiger charge is 2.31. The summed E-state index contributed by atoms with van der Waals surface area (Å²) < 4.78 is 0. The monoisotopic (exact) mass is 385 g/mol. The van der Waals surface area contributed by atoms with Crippen molar-refractivity contribution in [3.05, 3.63) is 60.7 Å². The third-order valence-electron chi connectivity index (χ3n) is 3.66. The Hall–Kier alpha value is -3.14. The number of azo groups is 1. The van der Waals surface area contributed by atoms with Gasteiger partial charge in [-0.25, -0.2) is 0 Å². The molecule has 2 aromatic carbocycles. The SMILES string of the molecule is CC(=O)N[C@@H](/C(N=Nc1ccccc1)=N/Nc1ccccc1)[C@H](O)[C@@H](O)CO. The highest BCUT2D eigenvalue weighted by Crippen LogP contribution is 2.13. The molecule has 0 aromatic heterocycles. The molecule has 1 amide bonds. The quantitative estimate of drug-likeness (QED) is 0.202. The molecule has 28 heavy (non-hydrogen) atoms. The van der Waals surface area contributed by atoms with Gasteiger partial charge in [0.1, 0.15) is 18.2 Å². The number of para-hydroxylation sites is 1. The van der Waals surface area contributed by atoms with Crippen molar-refractivity contribution in [3.8, 4) is 0 Å². The van der Waals surface area contributed by atoms with Crippen LogP contribution in [-0.4, -0.2) is 51.9 Å². The zero-order valence-electron chi connectivity index (χ0n) is 15.3. The van der Waals surface area contributed by atoms with E-state index >= 15 is 0 Å². The predicted molar refractivity (Wildman–Crippen MR) is 105 cm³/mol. The standard InChI is InChI=1S/C19H23N5O4/c1-13(26)20-17(18(28)16(27)12-25)19(23-21-14-8-4-2-5-9-14)24-22-15-10-6-3-7-11-15/h2-11,16-18,21,25,27-28H,12H2,1H3,(H,20,26)/b23-19-,24-22?/t16-,17+,18+/m0/s1. The molecular weight excluding hydrogens is 362 g/mol. The second-order valence-corrected chi connectivity index (χ2v) is 5.90. The van der Waals surface area contributed by atoms with Crippen LogP contribution in [0.3, 0.4) is 0 Å². The molecule has 0 aliphatic heterocycles. The van der Waals surface area contributed by atoms with Crippen molar-refractivity contribution in [2.24, 2.45) is 15.3 Å². The number of benzene rings is 2. The van der Waals surface area contributed by atoms with Crippen LogP contribution < -0.4 is 10.7 Å². The van der Waals surface area contributed by atoms with Crippen LogP contribution in [0.15, 0.2) is 76.0 Å². The summed E-state index contributed by atoms with van der Waals surface area (Å²) in [7, 11) is 0. The number of nitrogens with zero attached hydrogens (tertiary/aromatic N) is 3. The summed E-state index contributed by atoms with van der Waals surface area (Å²) in [5, 5.41) is 44.1. The maximum absolute atomic E-state index is 11.6. The van der Waals surface area contributed by atoms with E-state index in [9.17, 15) is 15.0 Å². The van der Waals surface area contributed by atoms with Crippen molar-refractivity contribution >= 4 is 23.1 Å². The molecule has 2 aromatic rings. The Kier molecular flexibility index (Phi) is 8.22. The van der Waals surface area contributed by atoms with Gasteiger partial charge >= 0.3 is 0 Å². The van der Waals surface area contributed by atoms with Crippen LogP contribution in [0.1, 0.15) is 6.92 Å². The van der Waals surface area contributed by atoms with Gasteiger partial charge in [0, 0.05) is 6.92 Å². The number of carbonyl (C=O) groups is 1. The van der Waals surface area contributed by atoms with Crippen LogP contribution >= 0.6 is 0 Å². The Bertz CT molecular complexity index is 798. The molecule has 0 aliphatic rings. The van der Waals surface area contributed by atoms with Crippen molar-refractivity contribution in [2.45, 2.75) is 25.2 Å². The van der Waals surface area contributed by atoms with Crippen molar-refractivity contribution in [2.75, 3.05) is 12.0 Å². The number of aliphatic hydroxyl groups is 3. The number of anilines is 1. The fraction of sp³-hybridized carbons (Fsp3) is 0.263. The number of amidine groups is 1. The molecule has 0 heterocycles. The number of rotatable bonds is 8. The largest absolute Gasteiger partial charge is 0.394 e. The zero-order valence-corrected chi connectivity index (χ0v) is 15.3. The minimum Gasteiger partial charge on any atom is -0.394 e. The lowest BCUT2D eigenvalue weighted by Crippen LogP contribution is -2.53. The Labute approximate surface area is 162 Å². The maximum Gasteiger partial charge on any atom is 0.217 e. The maximum atomic E-state index is 11.6. The third kappa shape index (κ3) is 6.54. The summed E-state index contributed by atoms with van der Waals surface area (Å²) in [5.74, 6) is -0.556. The van der Waals surface area contributed by atoms with Gasteiger partial charge in [-0.2, -0.15) is 5.10 Å². The molecule has 5 N–H and O–H groups in total. The lowest BCUT2D eigenvalue weighted by molar-refractivity contribution is -0.120. The van der Waals surface area contributed by atoms with E-state index in [1.54, 1.807) is 48.5 Å². The average Bonchev–Trinajstić information content (AvgIpc) is 2.72. The first kappa shape index (κ1) is 21.2. The van der Waals surface area contributed by atoms with E-state index in [1.807, 2.05) is 12.1 Å². The number of carbonyl (C=O) groups excluding carboxylic acids is 1. The van der Waals surface area contributed by atoms with E-state index in [0.717, 1.165) is 0 Å². The van der Waals surface area contributed by atoms with Gasteiger partial charge in [-0.15, -0.1) is 10.2 Å². The highest BCUT2D eigenvalue weighted by atomic mass is 16.4. The summed E-state index contributed by atoms with van der Waals surface area (Å²) in [4.78, 5) is 11.6. The minimum atomic E-state index is -1.56. The molecule has 148 valence electrons. The van der Waals surface area contributed by atoms with Gasteiger partial charge in [0.05, 0.1) is 18.0 Å². The molecule has 9 nitrogen and oxygen atoms in total. The van der Waals surface area contributed by atoms with Crippen molar-refractivity contribution in [1.82, 2.24) is 5.32 Å². The van der Waals surface area contributed by atoms with Crippen LogP contribution in [0, 0.1) is 0 Å². The second kappa shape index (κ2) is 10.9. The molecule has 0 saturated heterocycles. The van der Waals surface area contributed by atoms with Crippen LogP contribution in [0.25, 0.3) is 0 Å². The number of nitrogens with one attached hydrogen (secondary N) is 2. The van der Waals surface area contributed by atoms with E-state index in [1.165, 1.54) is 6.92 Å². The number of hydrogen-bond acceptors (Lipinski definition) is 7. The molecule has 3 atom stereocenters. The molecule has 0 radical (unpaired) electrons. The van der Waals surface area contributed by atoms with Gasteiger partial charge in [0.15, 0.2) is 5.84 Å². The molecule has 0 bridgehead atoms. The second-order valence-electron chi connectivity index (χ2n) is 5.90. The molecule has 0 saturated carbocycles. The van der Waals surface area contributed by atoms with Gasteiger partial charge in [-0.3, -0.25) is 10.2 Å². The van der Waals surface area contributed by atoms with Gasteiger partial charge in [-0.1, -0.05) is 36.4 Å². The first-order chi connectivity index (χ1) is 13.5.